The molecule has 1 N–H and O–H groups in total. The minimum atomic E-state index is 1.01. The quantitative estimate of drug-likeness (QED) is 0.917. The number of fused-ring (bicyclic) bond motifs is 1. The third kappa shape index (κ3) is 2.62. The van der Waals surface area contributed by atoms with Crippen molar-refractivity contribution in [3.05, 3.63) is 60.2 Å². The average Bonchev–Trinajstić information content (AvgIpc) is 2.48. The molecule has 0 saturated heterocycles. The van der Waals surface area contributed by atoms with Crippen molar-refractivity contribution in [1.29, 1.82) is 0 Å². The van der Waals surface area contributed by atoms with E-state index in [2.05, 4.69) is 65.8 Å². The molecule has 2 nitrogen and oxygen atoms in total. The molecule has 0 radical (unpaired) electrons. The monoisotopic (exact) mass is 271 g/mol. The molecule has 3 rings (SSSR count). The summed E-state index contributed by atoms with van der Waals surface area (Å²) in [4.78, 5) is 4.01. The molecule has 19 heavy (non-hydrogen) atoms. The van der Waals surface area contributed by atoms with Crippen LogP contribution in [0.5, 0.6) is 0 Å². The lowest BCUT2D eigenvalue weighted by molar-refractivity contribution is -0.820. The van der Waals surface area contributed by atoms with Gasteiger partial charge in [-0.1, -0.05) is 36.4 Å². The second-order valence-electron chi connectivity index (χ2n) is 4.89. The number of quaternary nitrogens is 1. The van der Waals surface area contributed by atoms with Gasteiger partial charge in [-0.15, -0.1) is 11.8 Å². The predicted octanol–water partition coefficient (Wildman–Crippen LogP) is 2.50. The number of hydrogen-bond donors (Lipinski definition) is 1. The maximum absolute atomic E-state index is 2.47. The van der Waals surface area contributed by atoms with E-state index in [1.165, 1.54) is 16.9 Å². The van der Waals surface area contributed by atoms with Crippen LogP contribution in [-0.4, -0.2) is 18.8 Å². The molecule has 98 valence electrons. The Morgan fingerprint density at radius 1 is 1.05 bits per heavy atom. The van der Waals surface area contributed by atoms with Crippen LogP contribution in [-0.2, 0) is 6.54 Å². The summed E-state index contributed by atoms with van der Waals surface area (Å²) in [6, 6.07) is 19.5. The van der Waals surface area contributed by atoms with Crippen LogP contribution in [0.3, 0.4) is 0 Å². The maximum atomic E-state index is 2.47. The maximum Gasteiger partial charge on any atom is 0.158 e. The van der Waals surface area contributed by atoms with E-state index in [0.717, 1.165) is 19.1 Å². The molecule has 1 atom stereocenters. The Balaban J connectivity index is 1.92. The first-order valence-corrected chi connectivity index (χ1v) is 8.00. The highest BCUT2D eigenvalue weighted by Crippen LogP contribution is 2.22. The molecule has 0 amide bonds. The van der Waals surface area contributed by atoms with Gasteiger partial charge in [0.25, 0.3) is 0 Å². The lowest BCUT2D eigenvalue weighted by atomic mass is 10.1. The first-order valence-electron chi connectivity index (χ1n) is 6.60. The van der Waals surface area contributed by atoms with E-state index in [-0.39, 0.29) is 0 Å². The van der Waals surface area contributed by atoms with E-state index in [1.54, 1.807) is 4.90 Å². The Bertz CT molecular complexity index is 541. The van der Waals surface area contributed by atoms with Crippen LogP contribution in [0.1, 0.15) is 5.56 Å². The summed E-state index contributed by atoms with van der Waals surface area (Å²) in [6.07, 6.45) is 2.18. The van der Waals surface area contributed by atoms with Crippen LogP contribution < -0.4 is 9.80 Å². The number of nitrogens with zero attached hydrogens (tertiary/aromatic N) is 1. The number of hydrogen-bond acceptors (Lipinski definition) is 2. The highest BCUT2D eigenvalue weighted by Gasteiger charge is 2.26. The number of anilines is 1. The van der Waals surface area contributed by atoms with E-state index in [0.29, 0.717) is 0 Å². The molecular formula is C16H19N2S+. The topological polar surface area (TPSA) is 7.68 Å². The van der Waals surface area contributed by atoms with Gasteiger partial charge in [0.05, 0.1) is 6.54 Å². The molecule has 3 heteroatoms. The molecule has 0 aliphatic carbocycles. The van der Waals surface area contributed by atoms with Crippen molar-refractivity contribution in [2.45, 2.75) is 6.54 Å². The molecular weight excluding hydrogens is 252 g/mol. The normalized spacial score (nSPS) is 18.2. The first kappa shape index (κ1) is 12.6. The minimum Gasteiger partial charge on any atom is -0.320 e. The molecule has 0 spiro atoms. The third-order valence-corrected chi connectivity index (χ3v) is 4.22. The number of thioether (sulfide) groups is 1. The van der Waals surface area contributed by atoms with Crippen LogP contribution in [0.4, 0.5) is 11.4 Å². The molecule has 0 fully saturated rings. The Labute approximate surface area is 119 Å². The predicted molar refractivity (Wildman–Crippen MR) is 82.9 cm³/mol. The summed E-state index contributed by atoms with van der Waals surface area (Å²) in [5.41, 5.74) is 4.22. The molecule has 0 bridgehead atoms. The fourth-order valence-corrected chi connectivity index (χ4v) is 3.29. The molecule has 0 saturated carbocycles. The van der Waals surface area contributed by atoms with Crippen molar-refractivity contribution >= 4 is 23.1 Å². The Kier molecular flexibility index (Phi) is 3.76. The van der Waals surface area contributed by atoms with Gasteiger partial charge in [0.2, 0.25) is 0 Å². The van der Waals surface area contributed by atoms with E-state index in [1.807, 2.05) is 11.8 Å². The first-order chi connectivity index (χ1) is 9.38. The zero-order chi connectivity index (χ0) is 13.1. The van der Waals surface area contributed by atoms with Crippen molar-refractivity contribution in [2.24, 2.45) is 0 Å². The summed E-state index contributed by atoms with van der Waals surface area (Å²) in [5, 5.41) is 0. The van der Waals surface area contributed by atoms with E-state index in [4.69, 9.17) is 0 Å². The highest BCUT2D eigenvalue weighted by atomic mass is 32.2. The van der Waals surface area contributed by atoms with Crippen molar-refractivity contribution in [2.75, 3.05) is 23.7 Å². The Morgan fingerprint density at radius 3 is 2.58 bits per heavy atom. The molecule has 2 aromatic carbocycles. The molecule has 1 heterocycles. The molecule has 1 aliphatic heterocycles. The van der Waals surface area contributed by atoms with Gasteiger partial charge in [-0.05, 0) is 24.5 Å². The van der Waals surface area contributed by atoms with Gasteiger partial charge in [0, 0.05) is 11.3 Å². The van der Waals surface area contributed by atoms with Crippen LogP contribution in [0.15, 0.2) is 54.6 Å². The summed E-state index contributed by atoms with van der Waals surface area (Å²) in [5.74, 6) is 1.11. The fraction of sp³-hybridized carbons (Fsp3) is 0.250. The highest BCUT2D eigenvalue weighted by molar-refractivity contribution is 7.98. The molecule has 1 unspecified atom stereocenters. The van der Waals surface area contributed by atoms with E-state index >= 15 is 0 Å². The second kappa shape index (κ2) is 5.68. The summed E-state index contributed by atoms with van der Waals surface area (Å²) < 4.78 is 0. The standard InChI is InChI=1S/C16H18N2S/c1-19-13-18-12-17(15-8-3-2-4-9-15)11-14-7-5-6-10-16(14)18/h2-10H,11-13H2,1H3/p+1. The van der Waals surface area contributed by atoms with Crippen LogP contribution in [0, 0.1) is 0 Å². The van der Waals surface area contributed by atoms with E-state index < -0.39 is 0 Å². The van der Waals surface area contributed by atoms with Crippen molar-refractivity contribution < 1.29 is 4.90 Å². The molecule has 1 aliphatic rings. The van der Waals surface area contributed by atoms with Crippen LogP contribution in [0.2, 0.25) is 0 Å². The summed E-state index contributed by atoms with van der Waals surface area (Å²) in [7, 11) is 0. The van der Waals surface area contributed by atoms with E-state index in [9.17, 15) is 0 Å². The number of benzene rings is 2. The van der Waals surface area contributed by atoms with Gasteiger partial charge >= 0.3 is 0 Å². The second-order valence-corrected chi connectivity index (χ2v) is 5.75. The SMILES string of the molecule is CSC[NH+]1CN(c2ccccc2)Cc2ccccc21. The van der Waals surface area contributed by atoms with Gasteiger partial charge < -0.3 is 4.90 Å². The average molecular weight is 271 g/mol. The zero-order valence-corrected chi connectivity index (χ0v) is 12.0. The largest absolute Gasteiger partial charge is 0.320 e. The zero-order valence-electron chi connectivity index (χ0n) is 11.2. The summed E-state index contributed by atoms with van der Waals surface area (Å²) >= 11 is 1.91. The lowest BCUT2D eigenvalue weighted by Crippen LogP contribution is -3.09. The molecule has 0 aromatic heterocycles. The van der Waals surface area contributed by atoms with Gasteiger partial charge in [0.1, 0.15) is 11.6 Å². The van der Waals surface area contributed by atoms with Gasteiger partial charge in [-0.25, -0.2) is 0 Å². The number of para-hydroxylation sites is 2. The van der Waals surface area contributed by atoms with Crippen LogP contribution in [0.25, 0.3) is 0 Å². The lowest BCUT2D eigenvalue weighted by Gasteiger charge is -2.34. The van der Waals surface area contributed by atoms with Gasteiger partial charge in [-0.2, -0.15) is 0 Å². The van der Waals surface area contributed by atoms with Crippen molar-refractivity contribution in [3.8, 4) is 0 Å². The van der Waals surface area contributed by atoms with Gasteiger partial charge in [0.15, 0.2) is 6.67 Å². The smallest absolute Gasteiger partial charge is 0.158 e. The van der Waals surface area contributed by atoms with Gasteiger partial charge in [-0.3, -0.25) is 4.90 Å². The van der Waals surface area contributed by atoms with Crippen LogP contribution >= 0.6 is 11.8 Å². The number of nitrogens with one attached hydrogen (secondary N) is 1. The Hall–Kier alpha value is -1.45. The molecule has 2 aromatic rings. The van der Waals surface area contributed by atoms with Crippen molar-refractivity contribution in [1.82, 2.24) is 0 Å². The van der Waals surface area contributed by atoms with Crippen molar-refractivity contribution in [3.63, 3.8) is 0 Å². The fourth-order valence-electron chi connectivity index (χ4n) is 2.70. The number of rotatable bonds is 3. The minimum absolute atomic E-state index is 1.01. The summed E-state index contributed by atoms with van der Waals surface area (Å²) in [6.45, 7) is 2.06. The third-order valence-electron chi connectivity index (χ3n) is 3.58. The Morgan fingerprint density at radius 2 is 1.79 bits per heavy atom.